The molecule has 12 nitrogen and oxygen atoms in total. The maximum absolute atomic E-state index is 15.5. The van der Waals surface area contributed by atoms with Crippen LogP contribution in [0.15, 0.2) is 114 Å². The highest BCUT2D eigenvalue weighted by Gasteiger charge is 2.60. The Hall–Kier alpha value is -6.22. The largest absolute Gasteiger partial charge is 0.493 e. The number of amidine groups is 1. The molecule has 2 fully saturated rings. The van der Waals surface area contributed by atoms with Crippen molar-refractivity contribution >= 4 is 69.7 Å². The van der Waals surface area contributed by atoms with Gasteiger partial charge in [-0.3, -0.25) is 24.5 Å². The number of nitriles is 1. The van der Waals surface area contributed by atoms with Crippen LogP contribution < -0.4 is 19.3 Å². The van der Waals surface area contributed by atoms with Gasteiger partial charge in [-0.25, -0.2) is 4.79 Å². The third-order valence-electron chi connectivity index (χ3n) is 14.5. The van der Waals surface area contributed by atoms with E-state index in [-0.39, 0.29) is 28.9 Å². The fraction of sp³-hybridized carbons (Fsp3) is 0.386. The van der Waals surface area contributed by atoms with E-state index in [0.29, 0.717) is 91.2 Å². The monoisotopic (exact) mass is 1080 g/mol. The summed E-state index contributed by atoms with van der Waals surface area (Å²) >= 11 is 18.6. The van der Waals surface area contributed by atoms with E-state index < -0.39 is 39.8 Å². The van der Waals surface area contributed by atoms with Crippen molar-refractivity contribution in [3.05, 3.63) is 153 Å². The predicted octanol–water partition coefficient (Wildman–Crippen LogP) is 12.2. The first kappa shape index (κ1) is 55.0. The molecule has 5 aromatic carbocycles. The average Bonchev–Trinajstić information content (AvgIpc) is 3.72. The molecular formula is C57H60Cl2F3N7O5S. The minimum atomic E-state index is -4.80. The van der Waals surface area contributed by atoms with Crippen LogP contribution in [-0.4, -0.2) is 102 Å². The number of urea groups is 1. The second-order valence-corrected chi connectivity index (χ2v) is 21.8. The third-order valence-corrected chi connectivity index (χ3v) is 15.3. The van der Waals surface area contributed by atoms with E-state index in [0.717, 1.165) is 33.7 Å². The molecule has 3 aliphatic heterocycles. The smallest absolute Gasteiger partial charge is 0.417 e. The van der Waals surface area contributed by atoms with Crippen molar-refractivity contribution in [1.82, 2.24) is 14.7 Å². The number of thiocarbonyl (C=S) groups is 1. The van der Waals surface area contributed by atoms with E-state index in [9.17, 15) is 23.2 Å². The molecule has 0 unspecified atom stereocenters. The Morgan fingerprint density at radius 3 is 1.99 bits per heavy atom. The van der Waals surface area contributed by atoms with Gasteiger partial charge in [0.15, 0.2) is 5.11 Å². The van der Waals surface area contributed by atoms with Gasteiger partial charge in [-0.05, 0) is 148 Å². The number of alkyl halides is 3. The zero-order valence-corrected chi connectivity index (χ0v) is 45.6. The van der Waals surface area contributed by atoms with Crippen molar-refractivity contribution in [2.45, 2.75) is 83.6 Å². The van der Waals surface area contributed by atoms with Crippen LogP contribution in [0.1, 0.15) is 88.8 Å². The molecule has 0 saturated carbocycles. The Balaban J connectivity index is 0.908. The molecule has 0 N–H and O–H groups in total. The lowest BCUT2D eigenvalue weighted by Crippen LogP contribution is -2.60. The highest BCUT2D eigenvalue weighted by molar-refractivity contribution is 7.81. The number of halogens is 5. The number of hydrogen-bond acceptors (Lipinski definition) is 9. The second kappa shape index (κ2) is 21.4. The lowest BCUT2D eigenvalue weighted by molar-refractivity contribution is -0.137. The summed E-state index contributed by atoms with van der Waals surface area (Å²) < 4.78 is 59.8. The van der Waals surface area contributed by atoms with Crippen molar-refractivity contribution in [3.8, 4) is 17.6 Å². The van der Waals surface area contributed by atoms with Gasteiger partial charge in [0, 0.05) is 48.5 Å². The molecule has 3 heterocycles. The number of rotatable bonds is 14. The number of piperazine rings is 1. The minimum absolute atomic E-state index is 0.00254. The summed E-state index contributed by atoms with van der Waals surface area (Å²) in [6.45, 7) is 20.1. The van der Waals surface area contributed by atoms with Crippen LogP contribution in [-0.2, 0) is 32.2 Å². The number of amides is 3. The molecule has 3 amide bonds. The van der Waals surface area contributed by atoms with Crippen molar-refractivity contribution in [3.63, 3.8) is 0 Å². The number of carbonyl (C=O) groups is 2. The number of aliphatic imine (C=N–C) groups is 1. The highest BCUT2D eigenvalue weighted by Crippen LogP contribution is 2.54. The molecule has 75 heavy (non-hydrogen) atoms. The van der Waals surface area contributed by atoms with Gasteiger partial charge in [-0.15, -0.1) is 0 Å². The molecule has 5 aromatic rings. The zero-order valence-electron chi connectivity index (χ0n) is 43.2. The second-order valence-electron chi connectivity index (χ2n) is 20.5. The fourth-order valence-corrected chi connectivity index (χ4v) is 10.8. The summed E-state index contributed by atoms with van der Waals surface area (Å²) in [5.74, 6) is 1.17. The van der Waals surface area contributed by atoms with E-state index in [1.807, 2.05) is 71.3 Å². The van der Waals surface area contributed by atoms with E-state index in [1.54, 1.807) is 49.1 Å². The molecule has 394 valence electrons. The summed E-state index contributed by atoms with van der Waals surface area (Å²) in [6, 6.07) is 32.8. The van der Waals surface area contributed by atoms with Gasteiger partial charge in [0.25, 0.3) is 5.91 Å². The number of carbonyl (C=O) groups excluding carboxylic acids is 2. The number of ether oxygens (including phenoxy) is 3. The van der Waals surface area contributed by atoms with Crippen LogP contribution in [0, 0.1) is 11.3 Å². The van der Waals surface area contributed by atoms with Gasteiger partial charge in [-0.2, -0.15) is 18.4 Å². The molecule has 0 aromatic heterocycles. The summed E-state index contributed by atoms with van der Waals surface area (Å²) in [6.07, 6.45) is -4.80. The Bertz CT molecular complexity index is 3030. The Kier molecular flexibility index (Phi) is 15.7. The number of anilines is 2. The molecular weight excluding hydrogens is 1020 g/mol. The molecule has 0 bridgehead atoms. The first-order valence-electron chi connectivity index (χ1n) is 24.8. The van der Waals surface area contributed by atoms with Crippen LogP contribution in [0.3, 0.4) is 0 Å². The molecule has 3 aliphatic rings. The van der Waals surface area contributed by atoms with E-state index in [4.69, 9.17) is 54.6 Å². The van der Waals surface area contributed by atoms with Gasteiger partial charge >= 0.3 is 12.2 Å². The topological polar surface area (TPSA) is 114 Å². The van der Waals surface area contributed by atoms with Gasteiger partial charge < -0.3 is 24.0 Å². The molecule has 0 spiro atoms. The average molecular weight is 1080 g/mol. The van der Waals surface area contributed by atoms with Crippen molar-refractivity contribution in [2.75, 3.05) is 69.0 Å². The lowest BCUT2D eigenvalue weighted by Gasteiger charge is -2.47. The molecule has 8 rings (SSSR count). The first-order valence-corrected chi connectivity index (χ1v) is 25.9. The number of nitrogens with zero attached hydrogens (tertiary/aromatic N) is 7. The molecule has 0 aliphatic carbocycles. The summed E-state index contributed by atoms with van der Waals surface area (Å²) in [4.78, 5) is 43.4. The van der Waals surface area contributed by atoms with Gasteiger partial charge in [0.05, 0.1) is 48.3 Å². The predicted molar refractivity (Wildman–Crippen MR) is 291 cm³/mol. The quantitative estimate of drug-likeness (QED) is 0.0792. The Labute approximate surface area is 452 Å². The van der Waals surface area contributed by atoms with E-state index in [2.05, 4.69) is 51.7 Å². The van der Waals surface area contributed by atoms with Crippen molar-refractivity contribution < 1.29 is 37.0 Å². The summed E-state index contributed by atoms with van der Waals surface area (Å²) in [7, 11) is 0. The molecule has 0 radical (unpaired) electrons. The first-order chi connectivity index (χ1) is 35.4. The third kappa shape index (κ3) is 10.7. The molecule has 2 saturated heterocycles. The van der Waals surface area contributed by atoms with Crippen LogP contribution >= 0.6 is 35.4 Å². The Morgan fingerprint density at radius 1 is 0.787 bits per heavy atom. The highest BCUT2D eigenvalue weighted by atomic mass is 35.5. The Morgan fingerprint density at radius 2 is 1.40 bits per heavy atom. The standard InChI is InChI=1S/C57H60Cl2F3N7O5S/c1-9-73-48-34-40(53(2,3)4)15-25-46(48)49-64-55(7,38-11-16-41(58)17-12-38)56(8,39-13-18-42(59)19-14-39)69(49)51(71)66-28-26-65(27-29-66)30-31-72-32-33-74-45-23-21-43(22-24-45)68-52(75)67(50(70)54(68,5)6)44-20-10-37(36-63)47(35-44)57(60,61)62/h10-25,34-35H,9,26-33H2,1-8H3/t55-,56+/m0/s1. The van der Waals surface area contributed by atoms with Crippen molar-refractivity contribution in [2.24, 2.45) is 4.99 Å². The zero-order chi connectivity index (χ0) is 54.3. The summed E-state index contributed by atoms with van der Waals surface area (Å²) in [5.41, 5.74) is -1.14. The van der Waals surface area contributed by atoms with Gasteiger partial charge in [0.2, 0.25) is 0 Å². The SMILES string of the molecule is CCOc1cc(C(C)(C)C)ccc1C1=N[C@@](C)(c2ccc(Cl)cc2)[C@@](C)(c2ccc(Cl)cc2)N1C(=O)N1CCN(CCOCCOc2ccc(N3C(=S)N(c4ccc(C#N)c(C(F)(F)F)c4)C(=O)C3(C)C)cc2)CC1. The normalized spacial score (nSPS) is 20.1. The van der Waals surface area contributed by atoms with Crippen LogP contribution in [0.5, 0.6) is 11.5 Å². The van der Waals surface area contributed by atoms with E-state index >= 15 is 4.79 Å². The lowest BCUT2D eigenvalue weighted by atomic mass is 9.71. The van der Waals surface area contributed by atoms with Crippen LogP contribution in [0.4, 0.5) is 29.3 Å². The maximum Gasteiger partial charge on any atom is 0.417 e. The minimum Gasteiger partial charge on any atom is -0.493 e. The molecule has 18 heteroatoms. The fourth-order valence-electron chi connectivity index (χ4n) is 9.99. The number of hydrogen-bond donors (Lipinski definition) is 0. The van der Waals surface area contributed by atoms with Crippen LogP contribution in [0.2, 0.25) is 10.0 Å². The van der Waals surface area contributed by atoms with Crippen LogP contribution in [0.25, 0.3) is 0 Å². The van der Waals surface area contributed by atoms with Gasteiger partial charge in [-0.1, -0.05) is 74.3 Å². The number of benzene rings is 5. The molecule has 2 atom stereocenters. The van der Waals surface area contributed by atoms with Crippen molar-refractivity contribution in [1.29, 1.82) is 5.26 Å². The van der Waals surface area contributed by atoms with Gasteiger partial charge in [0.1, 0.15) is 40.6 Å². The summed E-state index contributed by atoms with van der Waals surface area (Å²) in [5, 5.41) is 10.4. The maximum atomic E-state index is 15.5. The van der Waals surface area contributed by atoms with E-state index in [1.165, 1.54) is 6.07 Å².